The average molecular weight is 309 g/mol. The predicted octanol–water partition coefficient (Wildman–Crippen LogP) is 3.40. The van der Waals surface area contributed by atoms with Gasteiger partial charge in [0.1, 0.15) is 5.82 Å². The van der Waals surface area contributed by atoms with Crippen LogP contribution in [0.2, 0.25) is 0 Å². The number of nitrogens with two attached hydrogens (primary N) is 1. The fourth-order valence-corrected chi connectivity index (χ4v) is 2.07. The lowest BCUT2D eigenvalue weighted by Crippen LogP contribution is -2.35. The Kier molecular flexibility index (Phi) is 3.78. The molecule has 0 saturated carbocycles. The highest BCUT2D eigenvalue weighted by Gasteiger charge is 2.22. The molecular formula is C14H14BrFN2. The van der Waals surface area contributed by atoms with Crippen molar-refractivity contribution in [3.8, 4) is 0 Å². The van der Waals surface area contributed by atoms with Crippen molar-refractivity contribution in [3.63, 3.8) is 0 Å². The first kappa shape index (κ1) is 13.2. The molecule has 0 radical (unpaired) electrons. The van der Waals surface area contributed by atoms with Crippen LogP contribution in [0.1, 0.15) is 18.2 Å². The zero-order valence-electron chi connectivity index (χ0n) is 10.0. The number of aromatic nitrogens is 1. The van der Waals surface area contributed by atoms with Crippen LogP contribution in [-0.4, -0.2) is 4.98 Å². The summed E-state index contributed by atoms with van der Waals surface area (Å²) >= 11 is 3.34. The van der Waals surface area contributed by atoms with Gasteiger partial charge >= 0.3 is 0 Å². The van der Waals surface area contributed by atoms with Gasteiger partial charge in [0.25, 0.3) is 0 Å². The Balaban J connectivity index is 2.23. The minimum absolute atomic E-state index is 0.270. The number of halogens is 2. The summed E-state index contributed by atoms with van der Waals surface area (Å²) in [5, 5.41) is 0. The molecule has 0 aliphatic carbocycles. The van der Waals surface area contributed by atoms with Gasteiger partial charge in [-0.1, -0.05) is 12.1 Å². The van der Waals surface area contributed by atoms with Gasteiger partial charge in [-0.2, -0.15) is 0 Å². The monoisotopic (exact) mass is 308 g/mol. The lowest BCUT2D eigenvalue weighted by atomic mass is 9.88. The van der Waals surface area contributed by atoms with Gasteiger partial charge in [0, 0.05) is 28.3 Å². The van der Waals surface area contributed by atoms with Gasteiger partial charge in [-0.25, -0.2) is 4.39 Å². The number of hydrogen-bond acceptors (Lipinski definition) is 2. The molecule has 94 valence electrons. The summed E-state index contributed by atoms with van der Waals surface area (Å²) in [5.41, 5.74) is 7.28. The van der Waals surface area contributed by atoms with Crippen molar-refractivity contribution in [1.29, 1.82) is 0 Å². The molecule has 0 aliphatic rings. The second-order valence-corrected chi connectivity index (χ2v) is 5.49. The van der Waals surface area contributed by atoms with Crippen molar-refractivity contribution in [2.75, 3.05) is 0 Å². The van der Waals surface area contributed by atoms with Crippen LogP contribution in [0.25, 0.3) is 0 Å². The van der Waals surface area contributed by atoms with Gasteiger partial charge in [-0.15, -0.1) is 0 Å². The third-order valence-corrected chi connectivity index (χ3v) is 3.29. The molecule has 2 aromatic rings. The Morgan fingerprint density at radius 3 is 2.72 bits per heavy atom. The van der Waals surface area contributed by atoms with Gasteiger partial charge in [-0.05, 0) is 52.7 Å². The first-order chi connectivity index (χ1) is 8.47. The molecule has 1 heterocycles. The zero-order valence-corrected chi connectivity index (χ0v) is 11.6. The Hall–Kier alpha value is -1.26. The topological polar surface area (TPSA) is 38.9 Å². The zero-order chi connectivity index (χ0) is 13.2. The lowest BCUT2D eigenvalue weighted by molar-refractivity contribution is 0.480. The lowest BCUT2D eigenvalue weighted by Gasteiger charge is -2.25. The normalized spacial score (nSPS) is 14.2. The maximum absolute atomic E-state index is 13.2. The molecule has 2 nitrogen and oxygen atoms in total. The van der Waals surface area contributed by atoms with E-state index in [-0.39, 0.29) is 5.82 Å². The summed E-state index contributed by atoms with van der Waals surface area (Å²) in [6.07, 6.45) is 2.29. The van der Waals surface area contributed by atoms with Crippen molar-refractivity contribution in [2.45, 2.75) is 18.9 Å². The number of rotatable bonds is 3. The summed E-state index contributed by atoms with van der Waals surface area (Å²) in [7, 11) is 0. The van der Waals surface area contributed by atoms with E-state index in [1.807, 2.05) is 25.1 Å². The molecule has 2 rings (SSSR count). The van der Waals surface area contributed by atoms with Crippen LogP contribution >= 0.6 is 15.9 Å². The molecule has 1 aromatic carbocycles. The largest absolute Gasteiger partial charge is 0.321 e. The molecule has 4 heteroatoms. The van der Waals surface area contributed by atoms with E-state index in [2.05, 4.69) is 20.9 Å². The first-order valence-electron chi connectivity index (χ1n) is 5.63. The Bertz CT molecular complexity index is 538. The van der Waals surface area contributed by atoms with Crippen LogP contribution in [0.5, 0.6) is 0 Å². The second kappa shape index (κ2) is 5.16. The van der Waals surface area contributed by atoms with E-state index in [1.54, 1.807) is 12.3 Å². The predicted molar refractivity (Wildman–Crippen MR) is 73.6 cm³/mol. The molecule has 0 fully saturated rings. The second-order valence-electron chi connectivity index (χ2n) is 4.57. The first-order valence-corrected chi connectivity index (χ1v) is 6.42. The van der Waals surface area contributed by atoms with Crippen LogP contribution < -0.4 is 5.73 Å². The average Bonchev–Trinajstić information content (AvgIpc) is 2.32. The molecule has 1 aromatic heterocycles. The quantitative estimate of drug-likeness (QED) is 0.944. The summed E-state index contributed by atoms with van der Waals surface area (Å²) in [4.78, 5) is 4.29. The van der Waals surface area contributed by atoms with Crippen LogP contribution in [0.15, 0.2) is 47.1 Å². The van der Waals surface area contributed by atoms with E-state index in [0.717, 1.165) is 15.7 Å². The maximum atomic E-state index is 13.2. The van der Waals surface area contributed by atoms with Gasteiger partial charge < -0.3 is 5.73 Å². The molecule has 0 bridgehead atoms. The van der Waals surface area contributed by atoms with Crippen molar-refractivity contribution in [2.24, 2.45) is 5.73 Å². The molecule has 0 spiro atoms. The van der Waals surface area contributed by atoms with E-state index in [0.29, 0.717) is 6.42 Å². The number of hydrogen-bond donors (Lipinski definition) is 1. The van der Waals surface area contributed by atoms with Crippen molar-refractivity contribution in [3.05, 3.63) is 64.1 Å². The highest BCUT2D eigenvalue weighted by Crippen LogP contribution is 2.23. The molecule has 0 aliphatic heterocycles. The summed E-state index contributed by atoms with van der Waals surface area (Å²) in [6, 6.07) is 10.2. The molecule has 18 heavy (non-hydrogen) atoms. The van der Waals surface area contributed by atoms with Crippen molar-refractivity contribution in [1.82, 2.24) is 4.98 Å². The van der Waals surface area contributed by atoms with Crippen LogP contribution in [0, 0.1) is 5.82 Å². The Morgan fingerprint density at radius 1 is 1.33 bits per heavy atom. The third-order valence-electron chi connectivity index (χ3n) is 2.82. The van der Waals surface area contributed by atoms with Crippen LogP contribution in [0.4, 0.5) is 4.39 Å². The van der Waals surface area contributed by atoms with E-state index >= 15 is 0 Å². The summed E-state index contributed by atoms with van der Waals surface area (Å²) in [6.45, 7) is 1.88. The van der Waals surface area contributed by atoms with Crippen LogP contribution in [0.3, 0.4) is 0 Å². The highest BCUT2D eigenvalue weighted by molar-refractivity contribution is 9.10. The van der Waals surface area contributed by atoms with E-state index < -0.39 is 5.54 Å². The maximum Gasteiger partial charge on any atom is 0.123 e. The minimum atomic E-state index is -0.636. The van der Waals surface area contributed by atoms with Gasteiger partial charge in [0.2, 0.25) is 0 Å². The smallest absolute Gasteiger partial charge is 0.123 e. The molecule has 2 N–H and O–H groups in total. The molecule has 0 saturated heterocycles. The SMILES string of the molecule is CC(N)(Cc1ccc(Br)cn1)c1cccc(F)c1. The Morgan fingerprint density at radius 2 is 2.11 bits per heavy atom. The number of nitrogens with zero attached hydrogens (tertiary/aromatic N) is 1. The fourth-order valence-electron chi connectivity index (χ4n) is 1.83. The van der Waals surface area contributed by atoms with E-state index in [9.17, 15) is 4.39 Å². The van der Waals surface area contributed by atoms with Gasteiger partial charge in [0.15, 0.2) is 0 Å². The molecule has 1 unspecified atom stereocenters. The minimum Gasteiger partial charge on any atom is -0.321 e. The van der Waals surface area contributed by atoms with E-state index in [1.165, 1.54) is 12.1 Å². The van der Waals surface area contributed by atoms with Crippen molar-refractivity contribution >= 4 is 15.9 Å². The Labute approximate surface area is 114 Å². The van der Waals surface area contributed by atoms with Gasteiger partial charge in [0.05, 0.1) is 0 Å². The molecule has 1 atom stereocenters. The van der Waals surface area contributed by atoms with E-state index in [4.69, 9.17) is 5.73 Å². The standard InChI is InChI=1S/C14H14BrFN2/c1-14(17,10-3-2-4-12(16)7-10)8-13-6-5-11(15)9-18-13/h2-7,9H,8,17H2,1H3. The third kappa shape index (κ3) is 3.15. The molecule has 0 amide bonds. The molecular weight excluding hydrogens is 295 g/mol. The highest BCUT2D eigenvalue weighted by atomic mass is 79.9. The van der Waals surface area contributed by atoms with Gasteiger partial charge in [-0.3, -0.25) is 4.98 Å². The van der Waals surface area contributed by atoms with Crippen LogP contribution in [-0.2, 0) is 12.0 Å². The summed E-state index contributed by atoms with van der Waals surface area (Å²) < 4.78 is 14.1. The number of benzene rings is 1. The fraction of sp³-hybridized carbons (Fsp3) is 0.214. The number of pyridine rings is 1. The summed E-state index contributed by atoms with van der Waals surface area (Å²) in [5.74, 6) is -0.270. The van der Waals surface area contributed by atoms with Crippen molar-refractivity contribution < 1.29 is 4.39 Å².